The van der Waals surface area contributed by atoms with Crippen molar-refractivity contribution in [2.75, 3.05) is 22.8 Å². The van der Waals surface area contributed by atoms with Gasteiger partial charge in [-0.1, -0.05) is 71.6 Å². The van der Waals surface area contributed by atoms with Gasteiger partial charge in [-0.05, 0) is 48.9 Å². The largest absolute Gasteiger partial charge is 0.494 e. The highest BCUT2D eigenvalue weighted by atomic mass is 32.2. The van der Waals surface area contributed by atoms with Crippen LogP contribution in [0.15, 0.2) is 94.2 Å². The SMILES string of the molecule is CCOc1ccc(N(CC(=O)Nc2nnc(SCc3ccccc3)s2)S(=O)(=O)c2ccccc2)cc1. The zero-order chi connectivity index (χ0) is 25.4. The molecule has 0 unspecified atom stereocenters. The zero-order valence-corrected chi connectivity index (χ0v) is 21.9. The van der Waals surface area contributed by atoms with E-state index in [0.29, 0.717) is 27.5 Å². The van der Waals surface area contributed by atoms with E-state index >= 15 is 0 Å². The molecule has 1 amide bonds. The van der Waals surface area contributed by atoms with E-state index in [-0.39, 0.29) is 4.90 Å². The average molecular weight is 541 g/mol. The topological polar surface area (TPSA) is 101 Å². The first-order chi connectivity index (χ1) is 17.5. The summed E-state index contributed by atoms with van der Waals surface area (Å²) in [6.07, 6.45) is 0. The molecule has 0 aliphatic rings. The molecule has 3 aromatic carbocycles. The molecule has 0 aliphatic carbocycles. The lowest BCUT2D eigenvalue weighted by Gasteiger charge is -2.24. The number of sulfonamides is 1. The summed E-state index contributed by atoms with van der Waals surface area (Å²) >= 11 is 2.75. The Morgan fingerprint density at radius 2 is 1.64 bits per heavy atom. The summed E-state index contributed by atoms with van der Waals surface area (Å²) in [5.74, 6) is 0.806. The normalized spacial score (nSPS) is 11.1. The maximum Gasteiger partial charge on any atom is 0.264 e. The molecule has 4 rings (SSSR count). The molecule has 1 heterocycles. The number of hydrogen-bond donors (Lipinski definition) is 1. The molecule has 4 aromatic rings. The van der Waals surface area contributed by atoms with Crippen LogP contribution in [0.2, 0.25) is 0 Å². The van der Waals surface area contributed by atoms with Crippen LogP contribution in [-0.4, -0.2) is 37.7 Å². The molecule has 0 atom stereocenters. The minimum atomic E-state index is -4.01. The standard InChI is InChI=1S/C25H24N4O4S3/c1-2-33-21-15-13-20(14-16-21)29(36(31,32)22-11-7-4-8-12-22)17-23(30)26-24-27-28-25(35-24)34-18-19-9-5-3-6-10-19/h3-16H,2,17-18H2,1H3,(H,26,27,30). The van der Waals surface area contributed by atoms with Gasteiger partial charge in [0.1, 0.15) is 12.3 Å². The lowest BCUT2D eigenvalue weighted by molar-refractivity contribution is -0.114. The number of amides is 1. The molecule has 8 nitrogen and oxygen atoms in total. The van der Waals surface area contributed by atoms with Crippen molar-refractivity contribution in [2.24, 2.45) is 0 Å². The van der Waals surface area contributed by atoms with Gasteiger partial charge < -0.3 is 4.74 Å². The summed E-state index contributed by atoms with van der Waals surface area (Å²) in [7, 11) is -4.01. The lowest BCUT2D eigenvalue weighted by atomic mass is 10.2. The van der Waals surface area contributed by atoms with Crippen molar-refractivity contribution in [3.63, 3.8) is 0 Å². The highest BCUT2D eigenvalue weighted by Gasteiger charge is 2.27. The second-order valence-corrected chi connectivity index (χ2v) is 11.5. The maximum absolute atomic E-state index is 13.4. The molecule has 0 aliphatic heterocycles. The average Bonchev–Trinajstić information content (AvgIpc) is 3.35. The van der Waals surface area contributed by atoms with Crippen molar-refractivity contribution in [1.82, 2.24) is 10.2 Å². The summed E-state index contributed by atoms with van der Waals surface area (Å²) in [5.41, 5.74) is 1.49. The summed E-state index contributed by atoms with van der Waals surface area (Å²) < 4.78 is 34.1. The molecule has 0 fully saturated rings. The zero-order valence-electron chi connectivity index (χ0n) is 19.4. The number of carbonyl (C=O) groups excluding carboxylic acids is 1. The first-order valence-electron chi connectivity index (χ1n) is 11.1. The minimum Gasteiger partial charge on any atom is -0.494 e. The molecule has 1 aromatic heterocycles. The predicted octanol–water partition coefficient (Wildman–Crippen LogP) is 5.06. The molecule has 0 spiro atoms. The first-order valence-corrected chi connectivity index (χ1v) is 14.3. The van der Waals surface area contributed by atoms with Gasteiger partial charge in [-0.3, -0.25) is 14.4 Å². The molecular weight excluding hydrogens is 517 g/mol. The number of aromatic nitrogens is 2. The van der Waals surface area contributed by atoms with Crippen LogP contribution in [0.4, 0.5) is 10.8 Å². The van der Waals surface area contributed by atoms with Crippen LogP contribution in [0.3, 0.4) is 0 Å². The molecule has 0 saturated heterocycles. The van der Waals surface area contributed by atoms with Crippen LogP contribution in [0, 0.1) is 0 Å². The Hall–Kier alpha value is -3.41. The van der Waals surface area contributed by atoms with Gasteiger partial charge in [-0.2, -0.15) is 0 Å². The fraction of sp³-hybridized carbons (Fsp3) is 0.160. The van der Waals surface area contributed by atoms with Crippen LogP contribution in [0.25, 0.3) is 0 Å². The Morgan fingerprint density at radius 3 is 2.31 bits per heavy atom. The van der Waals surface area contributed by atoms with E-state index < -0.39 is 22.5 Å². The van der Waals surface area contributed by atoms with Gasteiger partial charge in [-0.25, -0.2) is 8.42 Å². The molecule has 0 saturated carbocycles. The molecule has 11 heteroatoms. The molecule has 1 N–H and O–H groups in total. The van der Waals surface area contributed by atoms with Gasteiger partial charge in [0.05, 0.1) is 17.2 Å². The quantitative estimate of drug-likeness (QED) is 0.210. The van der Waals surface area contributed by atoms with Crippen molar-refractivity contribution in [3.8, 4) is 5.75 Å². The van der Waals surface area contributed by atoms with Crippen LogP contribution in [0.5, 0.6) is 5.75 Å². The van der Waals surface area contributed by atoms with Gasteiger partial charge in [0.2, 0.25) is 11.0 Å². The van der Waals surface area contributed by atoms with Gasteiger partial charge in [0, 0.05) is 5.75 Å². The van der Waals surface area contributed by atoms with Crippen molar-refractivity contribution in [2.45, 2.75) is 21.9 Å². The number of benzene rings is 3. The van der Waals surface area contributed by atoms with Gasteiger partial charge in [0.15, 0.2) is 4.34 Å². The molecule has 0 bridgehead atoms. The van der Waals surface area contributed by atoms with Crippen LogP contribution >= 0.6 is 23.1 Å². The predicted molar refractivity (Wildman–Crippen MR) is 143 cm³/mol. The van der Waals surface area contributed by atoms with E-state index in [1.54, 1.807) is 42.5 Å². The number of nitrogens with zero attached hydrogens (tertiary/aromatic N) is 3. The van der Waals surface area contributed by atoms with E-state index in [4.69, 9.17) is 4.74 Å². The second kappa shape index (κ2) is 12.0. The van der Waals surface area contributed by atoms with Crippen LogP contribution in [-0.2, 0) is 20.6 Å². The monoisotopic (exact) mass is 540 g/mol. The van der Waals surface area contributed by atoms with E-state index in [0.717, 1.165) is 15.6 Å². The number of rotatable bonds is 11. The summed E-state index contributed by atoms with van der Waals surface area (Å²) in [5, 5.41) is 11.1. The summed E-state index contributed by atoms with van der Waals surface area (Å²) in [4.78, 5) is 13.0. The number of thioether (sulfide) groups is 1. The third kappa shape index (κ3) is 6.62. The van der Waals surface area contributed by atoms with Gasteiger partial charge in [0.25, 0.3) is 10.0 Å². The van der Waals surface area contributed by atoms with Crippen molar-refractivity contribution in [3.05, 3.63) is 90.5 Å². The lowest BCUT2D eigenvalue weighted by Crippen LogP contribution is -2.38. The number of anilines is 2. The molecule has 186 valence electrons. The van der Waals surface area contributed by atoms with E-state index in [2.05, 4.69) is 15.5 Å². The number of hydrogen-bond acceptors (Lipinski definition) is 8. The number of ether oxygens (including phenoxy) is 1. The van der Waals surface area contributed by atoms with Crippen molar-refractivity contribution < 1.29 is 17.9 Å². The van der Waals surface area contributed by atoms with E-state index in [1.807, 2.05) is 37.3 Å². The molecular formula is C25H24N4O4S3. The highest BCUT2D eigenvalue weighted by molar-refractivity contribution is 8.00. The Bertz CT molecular complexity index is 1380. The fourth-order valence-electron chi connectivity index (χ4n) is 3.24. The minimum absolute atomic E-state index is 0.0854. The van der Waals surface area contributed by atoms with E-state index in [9.17, 15) is 13.2 Å². The molecule has 36 heavy (non-hydrogen) atoms. The highest BCUT2D eigenvalue weighted by Crippen LogP contribution is 2.29. The third-order valence-electron chi connectivity index (χ3n) is 4.91. The second-order valence-electron chi connectivity index (χ2n) is 7.45. The van der Waals surface area contributed by atoms with Crippen LogP contribution in [0.1, 0.15) is 12.5 Å². The van der Waals surface area contributed by atoms with E-state index in [1.165, 1.54) is 35.2 Å². The summed E-state index contributed by atoms with van der Waals surface area (Å²) in [6, 6.07) is 24.5. The van der Waals surface area contributed by atoms with Gasteiger partial charge >= 0.3 is 0 Å². The van der Waals surface area contributed by atoms with Crippen molar-refractivity contribution in [1.29, 1.82) is 0 Å². The van der Waals surface area contributed by atoms with Crippen molar-refractivity contribution >= 4 is 49.8 Å². The number of carbonyl (C=O) groups is 1. The van der Waals surface area contributed by atoms with Crippen LogP contribution < -0.4 is 14.4 Å². The Morgan fingerprint density at radius 1 is 0.972 bits per heavy atom. The first kappa shape index (κ1) is 25.7. The Kier molecular flexibility index (Phi) is 8.57. The smallest absolute Gasteiger partial charge is 0.264 e. The molecule has 0 radical (unpaired) electrons. The Labute approximate surface area is 218 Å². The third-order valence-corrected chi connectivity index (χ3v) is 8.74. The summed E-state index contributed by atoms with van der Waals surface area (Å²) in [6.45, 7) is 1.92. The maximum atomic E-state index is 13.4. The fourth-order valence-corrected chi connectivity index (χ4v) is 6.40. The van der Waals surface area contributed by atoms with Gasteiger partial charge in [-0.15, -0.1) is 10.2 Å². The number of nitrogens with one attached hydrogen (secondary N) is 1. The Balaban J connectivity index is 1.49.